The number of aromatic nitrogens is 4. The Morgan fingerprint density at radius 2 is 2.00 bits per heavy atom. The van der Waals surface area contributed by atoms with Gasteiger partial charge in [0.1, 0.15) is 5.69 Å². The molecule has 23 heavy (non-hydrogen) atoms. The minimum absolute atomic E-state index is 0.184. The quantitative estimate of drug-likeness (QED) is 0.491. The van der Waals surface area contributed by atoms with Crippen LogP contribution in [0, 0.1) is 5.82 Å². The maximum Gasteiger partial charge on any atom is 0.439 e. The van der Waals surface area contributed by atoms with Crippen molar-refractivity contribution in [3.8, 4) is 22.6 Å². The van der Waals surface area contributed by atoms with Crippen LogP contribution in [0.25, 0.3) is 33.7 Å². The van der Waals surface area contributed by atoms with Gasteiger partial charge in [-0.1, -0.05) is 17.3 Å². The van der Waals surface area contributed by atoms with Gasteiger partial charge in [0.2, 0.25) is 0 Å². The summed E-state index contributed by atoms with van der Waals surface area (Å²) in [4.78, 5) is 20.8. The minimum Gasteiger partial charge on any atom is -0.399 e. The number of fused-ring (bicyclic) bond motifs is 1. The number of hydrogen-bond donors (Lipinski definition) is 3. The third kappa shape index (κ3) is 2.16. The Hall–Kier alpha value is -3.42. The number of hydrogen-bond acceptors (Lipinski definition) is 5. The van der Waals surface area contributed by atoms with Gasteiger partial charge in [-0.2, -0.15) is 0 Å². The van der Waals surface area contributed by atoms with Gasteiger partial charge in [-0.3, -0.25) is 9.51 Å². The Labute approximate surface area is 128 Å². The zero-order valence-electron chi connectivity index (χ0n) is 11.6. The van der Waals surface area contributed by atoms with Crippen molar-refractivity contribution in [1.82, 2.24) is 20.1 Å². The maximum absolute atomic E-state index is 14.3. The van der Waals surface area contributed by atoms with Gasteiger partial charge < -0.3 is 10.7 Å². The first-order valence-electron chi connectivity index (χ1n) is 6.72. The summed E-state index contributed by atoms with van der Waals surface area (Å²) in [5.41, 5.74) is 8.49. The number of nitrogens with one attached hydrogen (secondary N) is 2. The van der Waals surface area contributed by atoms with Crippen LogP contribution in [-0.2, 0) is 0 Å². The molecule has 0 aliphatic heterocycles. The highest BCUT2D eigenvalue weighted by Gasteiger charge is 2.16. The molecule has 0 spiro atoms. The number of halogens is 1. The van der Waals surface area contributed by atoms with Crippen molar-refractivity contribution in [2.75, 3.05) is 5.73 Å². The number of H-pyrrole nitrogens is 2. The molecule has 4 N–H and O–H groups in total. The first-order chi connectivity index (χ1) is 11.1. The van der Waals surface area contributed by atoms with Gasteiger partial charge in [0.05, 0.1) is 16.6 Å². The molecule has 3 aromatic heterocycles. The van der Waals surface area contributed by atoms with E-state index in [2.05, 4.69) is 24.6 Å². The lowest BCUT2D eigenvalue weighted by Crippen LogP contribution is -1.95. The van der Waals surface area contributed by atoms with E-state index in [9.17, 15) is 9.18 Å². The molecule has 0 bridgehead atoms. The monoisotopic (exact) mass is 311 g/mol. The fourth-order valence-electron chi connectivity index (χ4n) is 2.39. The lowest BCUT2D eigenvalue weighted by Gasteiger charge is -2.04. The number of benzene rings is 1. The highest BCUT2D eigenvalue weighted by molar-refractivity contribution is 5.91. The van der Waals surface area contributed by atoms with Crippen molar-refractivity contribution in [2.24, 2.45) is 0 Å². The van der Waals surface area contributed by atoms with E-state index in [1.165, 1.54) is 6.07 Å². The predicted octanol–water partition coefficient (Wildman–Crippen LogP) is 2.29. The van der Waals surface area contributed by atoms with E-state index < -0.39 is 11.6 Å². The number of nitrogens with two attached hydrogens (primary N) is 1. The number of nitrogens with zero attached hydrogens (tertiary/aromatic N) is 2. The second-order valence-corrected chi connectivity index (χ2v) is 4.98. The van der Waals surface area contributed by atoms with Crippen molar-refractivity contribution in [1.29, 1.82) is 0 Å². The summed E-state index contributed by atoms with van der Waals surface area (Å²) in [6, 6.07) is 8.07. The molecule has 8 heteroatoms. The van der Waals surface area contributed by atoms with Crippen LogP contribution in [0.2, 0.25) is 0 Å². The smallest absolute Gasteiger partial charge is 0.399 e. The minimum atomic E-state index is -0.671. The predicted molar refractivity (Wildman–Crippen MR) is 82.0 cm³/mol. The number of nitrogen functional groups attached to an aromatic ring is 1. The second kappa shape index (κ2) is 4.80. The van der Waals surface area contributed by atoms with Gasteiger partial charge in [0.15, 0.2) is 11.6 Å². The largest absolute Gasteiger partial charge is 0.439 e. The molecular formula is C15H10FN5O2. The van der Waals surface area contributed by atoms with Crippen molar-refractivity contribution >= 4 is 16.7 Å². The molecule has 0 saturated heterocycles. The molecular weight excluding hydrogens is 301 g/mol. The van der Waals surface area contributed by atoms with Crippen LogP contribution >= 0.6 is 0 Å². The fraction of sp³-hybridized carbons (Fsp3) is 0. The zero-order chi connectivity index (χ0) is 16.0. The summed E-state index contributed by atoms with van der Waals surface area (Å²) in [5.74, 6) is -0.914. The van der Waals surface area contributed by atoms with Crippen LogP contribution in [0.1, 0.15) is 0 Å². The fourth-order valence-corrected chi connectivity index (χ4v) is 2.39. The number of anilines is 1. The first-order valence-corrected chi connectivity index (χ1v) is 6.72. The summed E-state index contributed by atoms with van der Waals surface area (Å²) in [6.45, 7) is 0. The average Bonchev–Trinajstić information content (AvgIpc) is 3.13. The molecule has 7 nitrogen and oxygen atoms in total. The van der Waals surface area contributed by atoms with Crippen LogP contribution in [0.15, 0.2) is 45.8 Å². The molecule has 114 valence electrons. The van der Waals surface area contributed by atoms with E-state index in [4.69, 9.17) is 5.73 Å². The third-order valence-corrected chi connectivity index (χ3v) is 3.48. The van der Waals surface area contributed by atoms with Gasteiger partial charge in [-0.25, -0.2) is 14.2 Å². The van der Waals surface area contributed by atoms with Crippen LogP contribution in [0.3, 0.4) is 0 Å². The molecule has 3 heterocycles. The van der Waals surface area contributed by atoms with Gasteiger partial charge in [-0.05, 0) is 12.1 Å². The molecule has 0 fully saturated rings. The summed E-state index contributed by atoms with van der Waals surface area (Å²) in [7, 11) is 0. The molecule has 4 rings (SSSR count). The third-order valence-electron chi connectivity index (χ3n) is 3.48. The number of rotatable bonds is 2. The molecule has 0 unspecified atom stereocenters. The van der Waals surface area contributed by atoms with E-state index in [0.29, 0.717) is 27.8 Å². The summed E-state index contributed by atoms with van der Waals surface area (Å²) < 4.78 is 18.8. The molecule has 4 aromatic rings. The van der Waals surface area contributed by atoms with Crippen LogP contribution < -0.4 is 11.5 Å². The highest BCUT2D eigenvalue weighted by atomic mass is 19.1. The molecule has 0 saturated carbocycles. The Morgan fingerprint density at radius 1 is 1.22 bits per heavy atom. The highest BCUT2D eigenvalue weighted by Crippen LogP contribution is 2.29. The molecule has 0 aliphatic carbocycles. The van der Waals surface area contributed by atoms with Crippen molar-refractivity contribution in [3.05, 3.63) is 52.9 Å². The standard InChI is InChI=1S/C15H10FN5O2/c16-10-5-11-13(9(6-18-11)14-20-15(22)23-21-14)19-12(10)7-1-3-8(17)4-2-7/h1-6,18H,17H2,(H,20,21,22). The van der Waals surface area contributed by atoms with E-state index in [0.717, 1.165) is 0 Å². The Bertz CT molecular complexity index is 1060. The Kier molecular flexibility index (Phi) is 2.77. The van der Waals surface area contributed by atoms with Gasteiger partial charge in [0.25, 0.3) is 0 Å². The Balaban J connectivity index is 1.94. The lowest BCUT2D eigenvalue weighted by atomic mass is 10.1. The first kappa shape index (κ1) is 13.3. The maximum atomic E-state index is 14.3. The van der Waals surface area contributed by atoms with Crippen LogP contribution in [0.5, 0.6) is 0 Å². The molecule has 0 aliphatic rings. The van der Waals surface area contributed by atoms with E-state index in [1.807, 2.05) is 0 Å². The molecule has 0 amide bonds. The van der Waals surface area contributed by atoms with E-state index in [-0.39, 0.29) is 11.5 Å². The van der Waals surface area contributed by atoms with E-state index in [1.54, 1.807) is 30.5 Å². The van der Waals surface area contributed by atoms with Crippen molar-refractivity contribution in [3.63, 3.8) is 0 Å². The van der Waals surface area contributed by atoms with Crippen LogP contribution in [-0.4, -0.2) is 20.1 Å². The summed E-state index contributed by atoms with van der Waals surface area (Å²) in [5, 5.41) is 3.63. The number of pyridine rings is 1. The van der Waals surface area contributed by atoms with Crippen molar-refractivity contribution in [2.45, 2.75) is 0 Å². The molecule has 1 aromatic carbocycles. The molecule has 0 radical (unpaired) electrons. The normalized spacial score (nSPS) is 11.2. The van der Waals surface area contributed by atoms with Gasteiger partial charge >= 0.3 is 5.76 Å². The van der Waals surface area contributed by atoms with Crippen LogP contribution in [0.4, 0.5) is 10.1 Å². The molecule has 0 atom stereocenters. The lowest BCUT2D eigenvalue weighted by molar-refractivity contribution is 0.388. The van der Waals surface area contributed by atoms with Crippen molar-refractivity contribution < 1.29 is 8.91 Å². The summed E-state index contributed by atoms with van der Waals surface area (Å²) >= 11 is 0. The Morgan fingerprint density at radius 3 is 2.70 bits per heavy atom. The SMILES string of the molecule is Nc1ccc(-c2nc3c(-c4noc(=O)[nH]4)c[nH]c3cc2F)cc1. The average molecular weight is 311 g/mol. The van der Waals surface area contributed by atoms with Gasteiger partial charge in [-0.15, -0.1) is 0 Å². The topological polar surface area (TPSA) is 114 Å². The number of aromatic amines is 2. The van der Waals surface area contributed by atoms with E-state index >= 15 is 0 Å². The van der Waals surface area contributed by atoms with Gasteiger partial charge in [0, 0.05) is 23.5 Å². The second-order valence-electron chi connectivity index (χ2n) is 4.98. The summed E-state index contributed by atoms with van der Waals surface area (Å²) in [6.07, 6.45) is 1.58. The zero-order valence-corrected chi connectivity index (χ0v) is 11.6.